The largest absolute Gasteiger partial charge is 0.453 e. The first-order chi connectivity index (χ1) is 10.5. The van der Waals surface area contributed by atoms with Gasteiger partial charge in [-0.25, -0.2) is 14.4 Å². The van der Waals surface area contributed by atoms with Crippen LogP contribution >= 0.6 is 0 Å². The lowest BCUT2D eigenvalue weighted by atomic mass is 10.2. The number of aromatic nitrogens is 3. The van der Waals surface area contributed by atoms with Crippen LogP contribution in [0, 0.1) is 5.82 Å². The molecule has 4 N–H and O–H groups in total. The standard InChI is InChI=1S/C15H14FN5O/c1-21-7-11(20-8-21)14-13(4-5-19-15(14)18)22-12-3-2-9(17)6-10(12)16/h2-8H,17H2,1H3,(H2,18,19). The van der Waals surface area contributed by atoms with Crippen molar-refractivity contribution in [3.8, 4) is 22.8 Å². The van der Waals surface area contributed by atoms with E-state index in [1.807, 2.05) is 7.05 Å². The van der Waals surface area contributed by atoms with E-state index < -0.39 is 5.82 Å². The molecule has 0 aliphatic rings. The Kier molecular flexibility index (Phi) is 3.38. The third kappa shape index (κ3) is 2.56. The number of aryl methyl sites for hydroxylation is 1. The Labute approximate surface area is 126 Å². The number of nitrogens with two attached hydrogens (primary N) is 2. The lowest BCUT2D eigenvalue weighted by Crippen LogP contribution is -1.98. The number of rotatable bonds is 3. The van der Waals surface area contributed by atoms with Gasteiger partial charge >= 0.3 is 0 Å². The normalized spacial score (nSPS) is 10.6. The van der Waals surface area contributed by atoms with Crippen LogP contribution in [0.3, 0.4) is 0 Å². The molecular formula is C15H14FN5O. The van der Waals surface area contributed by atoms with E-state index in [1.165, 1.54) is 18.3 Å². The van der Waals surface area contributed by atoms with Crippen LogP contribution in [0.2, 0.25) is 0 Å². The van der Waals surface area contributed by atoms with Gasteiger partial charge in [0.25, 0.3) is 0 Å². The molecule has 2 heterocycles. The number of benzene rings is 1. The quantitative estimate of drug-likeness (QED) is 0.725. The molecule has 22 heavy (non-hydrogen) atoms. The first-order valence-corrected chi connectivity index (χ1v) is 6.50. The summed E-state index contributed by atoms with van der Waals surface area (Å²) in [7, 11) is 1.84. The second kappa shape index (κ2) is 5.36. The summed E-state index contributed by atoms with van der Waals surface area (Å²) < 4.78 is 21.3. The van der Waals surface area contributed by atoms with Crippen LogP contribution in [-0.4, -0.2) is 14.5 Å². The second-order valence-corrected chi connectivity index (χ2v) is 4.79. The van der Waals surface area contributed by atoms with Crippen molar-refractivity contribution >= 4 is 11.5 Å². The molecule has 0 aliphatic carbocycles. The molecule has 3 rings (SSSR count). The van der Waals surface area contributed by atoms with Crippen LogP contribution in [0.1, 0.15) is 0 Å². The Morgan fingerprint density at radius 3 is 2.64 bits per heavy atom. The summed E-state index contributed by atoms with van der Waals surface area (Å²) >= 11 is 0. The number of nitrogens with zero attached hydrogens (tertiary/aromatic N) is 3. The lowest BCUT2D eigenvalue weighted by Gasteiger charge is -2.12. The van der Waals surface area contributed by atoms with E-state index in [0.29, 0.717) is 22.7 Å². The summed E-state index contributed by atoms with van der Waals surface area (Å²) in [4.78, 5) is 8.27. The average molecular weight is 299 g/mol. The number of hydrogen-bond donors (Lipinski definition) is 2. The fourth-order valence-corrected chi connectivity index (χ4v) is 2.06. The number of halogens is 1. The van der Waals surface area contributed by atoms with E-state index in [-0.39, 0.29) is 11.6 Å². The second-order valence-electron chi connectivity index (χ2n) is 4.79. The highest BCUT2D eigenvalue weighted by Gasteiger charge is 2.16. The van der Waals surface area contributed by atoms with E-state index in [4.69, 9.17) is 16.2 Å². The van der Waals surface area contributed by atoms with Crippen molar-refractivity contribution < 1.29 is 9.13 Å². The maximum absolute atomic E-state index is 13.9. The number of anilines is 2. The van der Waals surface area contributed by atoms with Crippen molar-refractivity contribution in [3.63, 3.8) is 0 Å². The van der Waals surface area contributed by atoms with Crippen molar-refractivity contribution in [2.24, 2.45) is 7.05 Å². The first kappa shape index (κ1) is 13.9. The number of imidazole rings is 1. The maximum Gasteiger partial charge on any atom is 0.167 e. The van der Waals surface area contributed by atoms with Gasteiger partial charge in [0, 0.05) is 31.2 Å². The molecule has 0 saturated carbocycles. The summed E-state index contributed by atoms with van der Waals surface area (Å²) in [6.07, 6.45) is 4.90. The summed E-state index contributed by atoms with van der Waals surface area (Å²) in [6, 6.07) is 5.82. The zero-order valence-corrected chi connectivity index (χ0v) is 11.8. The van der Waals surface area contributed by atoms with Gasteiger partial charge in [0.1, 0.15) is 11.6 Å². The number of hydrogen-bond acceptors (Lipinski definition) is 5. The summed E-state index contributed by atoms with van der Waals surface area (Å²) in [5.74, 6) is 0.126. The van der Waals surface area contributed by atoms with Gasteiger partial charge in [-0.05, 0) is 18.2 Å². The molecule has 6 nitrogen and oxygen atoms in total. The van der Waals surface area contributed by atoms with Gasteiger partial charge in [-0.3, -0.25) is 0 Å². The van der Waals surface area contributed by atoms with Crippen LogP contribution in [-0.2, 0) is 7.05 Å². The van der Waals surface area contributed by atoms with Crippen LogP contribution in [0.4, 0.5) is 15.9 Å². The summed E-state index contributed by atoms with van der Waals surface area (Å²) in [5.41, 5.74) is 12.9. The predicted molar refractivity (Wildman–Crippen MR) is 81.7 cm³/mol. The van der Waals surface area contributed by atoms with Gasteiger partial charge in [0.05, 0.1) is 17.6 Å². The van der Waals surface area contributed by atoms with Crippen molar-refractivity contribution in [2.45, 2.75) is 0 Å². The van der Waals surface area contributed by atoms with Crippen LogP contribution in [0.15, 0.2) is 43.0 Å². The Morgan fingerprint density at radius 2 is 1.95 bits per heavy atom. The van der Waals surface area contributed by atoms with Crippen molar-refractivity contribution in [1.82, 2.24) is 14.5 Å². The van der Waals surface area contributed by atoms with Crippen molar-refractivity contribution in [2.75, 3.05) is 11.5 Å². The third-order valence-electron chi connectivity index (χ3n) is 3.08. The molecule has 0 spiro atoms. The van der Waals surface area contributed by atoms with Crippen LogP contribution in [0.5, 0.6) is 11.5 Å². The molecule has 0 bridgehead atoms. The zero-order chi connectivity index (χ0) is 15.7. The predicted octanol–water partition coefficient (Wildman–Crippen LogP) is 2.58. The van der Waals surface area contributed by atoms with E-state index in [2.05, 4.69) is 9.97 Å². The SMILES string of the molecule is Cn1cnc(-c2c(Oc3ccc(N)cc3F)ccnc2N)c1. The number of ether oxygens (including phenoxy) is 1. The minimum Gasteiger partial charge on any atom is -0.453 e. The number of nitrogen functional groups attached to an aromatic ring is 2. The highest BCUT2D eigenvalue weighted by Crippen LogP contribution is 2.36. The smallest absolute Gasteiger partial charge is 0.167 e. The van der Waals surface area contributed by atoms with Gasteiger partial charge in [0.2, 0.25) is 0 Å². The van der Waals surface area contributed by atoms with Gasteiger partial charge in [-0.1, -0.05) is 0 Å². The van der Waals surface area contributed by atoms with Gasteiger partial charge < -0.3 is 20.8 Å². The van der Waals surface area contributed by atoms with Crippen molar-refractivity contribution in [3.05, 3.63) is 48.8 Å². The zero-order valence-electron chi connectivity index (χ0n) is 11.8. The third-order valence-corrected chi connectivity index (χ3v) is 3.08. The Hall–Kier alpha value is -3.09. The molecule has 0 aliphatic heterocycles. The summed E-state index contributed by atoms with van der Waals surface area (Å²) in [5, 5.41) is 0. The van der Waals surface area contributed by atoms with Gasteiger partial charge in [0.15, 0.2) is 11.6 Å². The van der Waals surface area contributed by atoms with Crippen molar-refractivity contribution in [1.29, 1.82) is 0 Å². The highest BCUT2D eigenvalue weighted by atomic mass is 19.1. The van der Waals surface area contributed by atoms with Gasteiger partial charge in [-0.15, -0.1) is 0 Å². The molecule has 0 radical (unpaired) electrons. The topological polar surface area (TPSA) is 92.0 Å². The molecule has 2 aromatic heterocycles. The summed E-state index contributed by atoms with van der Waals surface area (Å²) in [6.45, 7) is 0. The van der Waals surface area contributed by atoms with E-state index in [1.54, 1.807) is 29.2 Å². The molecule has 0 amide bonds. The molecule has 0 unspecified atom stereocenters. The number of pyridine rings is 1. The molecule has 112 valence electrons. The molecule has 0 atom stereocenters. The van der Waals surface area contributed by atoms with E-state index in [0.717, 1.165) is 0 Å². The molecule has 3 aromatic rings. The fourth-order valence-electron chi connectivity index (χ4n) is 2.06. The Bertz CT molecular complexity index is 831. The fraction of sp³-hybridized carbons (Fsp3) is 0.0667. The minimum absolute atomic E-state index is 0.0528. The van der Waals surface area contributed by atoms with E-state index in [9.17, 15) is 4.39 Å². The lowest BCUT2D eigenvalue weighted by molar-refractivity contribution is 0.443. The van der Waals surface area contributed by atoms with Crippen LogP contribution < -0.4 is 16.2 Å². The first-order valence-electron chi connectivity index (χ1n) is 6.50. The Morgan fingerprint density at radius 1 is 1.14 bits per heavy atom. The molecule has 7 heteroatoms. The molecule has 1 aromatic carbocycles. The molecular weight excluding hydrogens is 285 g/mol. The maximum atomic E-state index is 13.9. The van der Waals surface area contributed by atoms with E-state index >= 15 is 0 Å². The molecule has 0 fully saturated rings. The minimum atomic E-state index is -0.553. The molecule has 0 saturated heterocycles. The Balaban J connectivity index is 2.06. The van der Waals surface area contributed by atoms with Gasteiger partial charge in [-0.2, -0.15) is 0 Å². The van der Waals surface area contributed by atoms with Crippen LogP contribution in [0.25, 0.3) is 11.3 Å². The highest BCUT2D eigenvalue weighted by molar-refractivity contribution is 5.77. The average Bonchev–Trinajstić information content (AvgIpc) is 2.88. The monoisotopic (exact) mass is 299 g/mol.